The standard InChI is InChI=1S/C16H16N6O2S/c1-10-13(22(23)24)15(20(2)19-10)25-16-18-17-14(11-8-9-11)21(16)12-6-4-3-5-7-12/h3-7,11H,8-9H2,1-2H3. The lowest BCUT2D eigenvalue weighted by Gasteiger charge is -2.09. The molecule has 2 aromatic heterocycles. The van der Waals surface area contributed by atoms with Crippen LogP contribution in [0, 0.1) is 17.0 Å². The van der Waals surface area contributed by atoms with E-state index in [4.69, 9.17) is 0 Å². The summed E-state index contributed by atoms with van der Waals surface area (Å²) < 4.78 is 3.52. The Morgan fingerprint density at radius 3 is 2.60 bits per heavy atom. The molecule has 9 heteroatoms. The normalized spacial score (nSPS) is 14.0. The van der Waals surface area contributed by atoms with Crippen LogP contribution in [0.3, 0.4) is 0 Å². The van der Waals surface area contributed by atoms with E-state index in [0.29, 0.717) is 21.8 Å². The van der Waals surface area contributed by atoms with Gasteiger partial charge in [0, 0.05) is 18.7 Å². The zero-order valence-corrected chi connectivity index (χ0v) is 14.6. The summed E-state index contributed by atoms with van der Waals surface area (Å²) in [7, 11) is 1.70. The maximum absolute atomic E-state index is 11.4. The smallest absolute Gasteiger partial charge is 0.273 e. The molecule has 128 valence electrons. The SMILES string of the molecule is Cc1nn(C)c(Sc2nnc(C3CC3)n2-c2ccccc2)c1[N+](=O)[O-]. The quantitative estimate of drug-likeness (QED) is 0.515. The third-order valence-corrected chi connectivity index (χ3v) is 5.22. The van der Waals surface area contributed by atoms with Crippen LogP contribution in [0.2, 0.25) is 0 Å². The average molecular weight is 356 g/mol. The molecular formula is C16H16N6O2S. The fraction of sp³-hybridized carbons (Fsp3) is 0.312. The number of nitrogens with zero attached hydrogens (tertiary/aromatic N) is 6. The van der Waals surface area contributed by atoms with Gasteiger partial charge in [-0.25, -0.2) is 0 Å². The van der Waals surface area contributed by atoms with Gasteiger partial charge in [0.05, 0.1) is 4.92 Å². The summed E-state index contributed by atoms with van der Waals surface area (Å²) >= 11 is 1.23. The van der Waals surface area contributed by atoms with Crippen LogP contribution in [0.15, 0.2) is 40.5 Å². The monoisotopic (exact) mass is 356 g/mol. The van der Waals surface area contributed by atoms with E-state index in [9.17, 15) is 10.1 Å². The number of hydrogen-bond donors (Lipinski definition) is 0. The second kappa shape index (κ2) is 5.99. The van der Waals surface area contributed by atoms with E-state index in [1.807, 2.05) is 34.9 Å². The zero-order valence-electron chi connectivity index (χ0n) is 13.8. The Morgan fingerprint density at radius 2 is 1.96 bits per heavy atom. The molecule has 1 fully saturated rings. The Hall–Kier alpha value is -2.68. The van der Waals surface area contributed by atoms with Crippen LogP contribution in [-0.4, -0.2) is 29.5 Å². The van der Waals surface area contributed by atoms with Gasteiger partial charge in [-0.05, 0) is 43.7 Å². The highest BCUT2D eigenvalue weighted by Crippen LogP contribution is 2.43. The lowest BCUT2D eigenvalue weighted by Crippen LogP contribution is -2.02. The number of rotatable bonds is 5. The van der Waals surface area contributed by atoms with Gasteiger partial charge in [-0.2, -0.15) is 5.10 Å². The maximum Gasteiger partial charge on any atom is 0.324 e. The Labute approximate surface area is 148 Å². The fourth-order valence-corrected chi connectivity index (χ4v) is 3.85. The minimum absolute atomic E-state index is 0.0167. The molecule has 25 heavy (non-hydrogen) atoms. The Morgan fingerprint density at radius 1 is 1.24 bits per heavy atom. The molecule has 0 aliphatic heterocycles. The van der Waals surface area contributed by atoms with Crippen LogP contribution < -0.4 is 0 Å². The number of hydrogen-bond acceptors (Lipinski definition) is 6. The van der Waals surface area contributed by atoms with Crippen molar-refractivity contribution in [2.45, 2.75) is 35.9 Å². The summed E-state index contributed by atoms with van der Waals surface area (Å²) in [5.41, 5.74) is 1.37. The first kappa shape index (κ1) is 15.8. The van der Waals surface area contributed by atoms with Gasteiger partial charge in [-0.3, -0.25) is 19.4 Å². The molecule has 1 aliphatic carbocycles. The van der Waals surface area contributed by atoms with Gasteiger partial charge in [0.25, 0.3) is 0 Å². The highest BCUT2D eigenvalue weighted by molar-refractivity contribution is 7.99. The Kier molecular flexibility index (Phi) is 3.79. The first-order chi connectivity index (χ1) is 12.1. The molecular weight excluding hydrogens is 340 g/mol. The Bertz CT molecular complexity index is 945. The van der Waals surface area contributed by atoms with Crippen molar-refractivity contribution in [3.63, 3.8) is 0 Å². The molecule has 1 saturated carbocycles. The average Bonchev–Trinajstić information content (AvgIpc) is 3.28. The lowest BCUT2D eigenvalue weighted by molar-refractivity contribution is -0.388. The molecule has 1 aromatic carbocycles. The summed E-state index contributed by atoms with van der Waals surface area (Å²) in [6.07, 6.45) is 2.20. The molecule has 3 aromatic rings. The van der Waals surface area contributed by atoms with Crippen molar-refractivity contribution < 1.29 is 4.92 Å². The number of aryl methyl sites for hydroxylation is 2. The van der Waals surface area contributed by atoms with Crippen molar-refractivity contribution in [1.29, 1.82) is 0 Å². The second-order valence-electron chi connectivity index (χ2n) is 6.01. The summed E-state index contributed by atoms with van der Waals surface area (Å²) in [6.45, 7) is 1.64. The van der Waals surface area contributed by atoms with Crippen molar-refractivity contribution in [3.8, 4) is 5.69 Å². The summed E-state index contributed by atoms with van der Waals surface area (Å²) in [5, 5.41) is 25.3. The molecule has 1 aliphatic rings. The van der Waals surface area contributed by atoms with Gasteiger partial charge in [-0.1, -0.05) is 18.2 Å². The molecule has 4 rings (SSSR count). The second-order valence-corrected chi connectivity index (χ2v) is 6.96. The molecule has 0 amide bonds. The van der Waals surface area contributed by atoms with Gasteiger partial charge >= 0.3 is 5.69 Å². The van der Waals surface area contributed by atoms with Crippen LogP contribution >= 0.6 is 11.8 Å². The summed E-state index contributed by atoms with van der Waals surface area (Å²) in [5.74, 6) is 1.32. The van der Waals surface area contributed by atoms with Crippen molar-refractivity contribution in [3.05, 3.63) is 52.0 Å². The van der Waals surface area contributed by atoms with Gasteiger partial charge in [0.2, 0.25) is 5.16 Å². The van der Waals surface area contributed by atoms with Crippen LogP contribution in [0.4, 0.5) is 5.69 Å². The molecule has 0 bridgehead atoms. The summed E-state index contributed by atoms with van der Waals surface area (Å²) in [6, 6.07) is 9.84. The van der Waals surface area contributed by atoms with Gasteiger partial charge in [0.15, 0.2) is 5.03 Å². The number of para-hydroxylation sites is 1. The van der Waals surface area contributed by atoms with E-state index in [2.05, 4.69) is 15.3 Å². The van der Waals surface area contributed by atoms with E-state index in [1.54, 1.807) is 14.0 Å². The van der Waals surface area contributed by atoms with Gasteiger partial charge in [-0.15, -0.1) is 10.2 Å². The number of aromatic nitrogens is 5. The number of nitro groups is 1. The predicted molar refractivity (Wildman–Crippen MR) is 92.1 cm³/mol. The van der Waals surface area contributed by atoms with Gasteiger partial charge < -0.3 is 0 Å². The van der Waals surface area contributed by atoms with Crippen molar-refractivity contribution in [1.82, 2.24) is 24.5 Å². The van der Waals surface area contributed by atoms with Crippen LogP contribution in [0.1, 0.15) is 30.3 Å². The van der Waals surface area contributed by atoms with Crippen molar-refractivity contribution in [2.24, 2.45) is 7.05 Å². The third kappa shape index (κ3) is 2.80. The van der Waals surface area contributed by atoms with Crippen LogP contribution in [0.5, 0.6) is 0 Å². The molecule has 0 unspecified atom stereocenters. The van der Waals surface area contributed by atoms with Crippen LogP contribution in [0.25, 0.3) is 5.69 Å². The number of benzene rings is 1. The molecule has 0 N–H and O–H groups in total. The largest absolute Gasteiger partial charge is 0.324 e. The first-order valence-corrected chi connectivity index (χ1v) is 8.74. The van der Waals surface area contributed by atoms with E-state index < -0.39 is 4.92 Å². The maximum atomic E-state index is 11.4. The topological polar surface area (TPSA) is 91.7 Å². The van der Waals surface area contributed by atoms with Crippen molar-refractivity contribution >= 4 is 17.4 Å². The molecule has 2 heterocycles. The van der Waals surface area contributed by atoms with E-state index in [1.165, 1.54) is 16.4 Å². The molecule has 0 saturated heterocycles. The third-order valence-electron chi connectivity index (χ3n) is 4.13. The van der Waals surface area contributed by atoms with Crippen LogP contribution in [-0.2, 0) is 7.05 Å². The fourth-order valence-electron chi connectivity index (χ4n) is 2.81. The lowest BCUT2D eigenvalue weighted by atomic mass is 10.3. The highest BCUT2D eigenvalue weighted by Gasteiger charge is 2.33. The highest BCUT2D eigenvalue weighted by atomic mass is 32.2. The minimum Gasteiger partial charge on any atom is -0.273 e. The van der Waals surface area contributed by atoms with E-state index >= 15 is 0 Å². The Balaban J connectivity index is 1.82. The van der Waals surface area contributed by atoms with E-state index in [0.717, 1.165) is 24.4 Å². The minimum atomic E-state index is -0.393. The van der Waals surface area contributed by atoms with E-state index in [-0.39, 0.29) is 5.69 Å². The molecule has 0 spiro atoms. The zero-order chi connectivity index (χ0) is 17.6. The van der Waals surface area contributed by atoms with Crippen molar-refractivity contribution in [2.75, 3.05) is 0 Å². The first-order valence-electron chi connectivity index (χ1n) is 7.93. The van der Waals surface area contributed by atoms with Gasteiger partial charge in [0.1, 0.15) is 11.5 Å². The molecule has 0 radical (unpaired) electrons. The molecule has 8 nitrogen and oxygen atoms in total. The predicted octanol–water partition coefficient (Wildman–Crippen LogP) is 3.25. The summed E-state index contributed by atoms with van der Waals surface area (Å²) in [4.78, 5) is 11.0. The molecule has 0 atom stereocenters.